The fourth-order valence-electron chi connectivity index (χ4n) is 3.55. The lowest BCUT2D eigenvalue weighted by molar-refractivity contribution is -0.317. The number of amides is 1. The van der Waals surface area contributed by atoms with E-state index in [0.29, 0.717) is 16.9 Å². The van der Waals surface area contributed by atoms with Crippen LogP contribution in [0.5, 0.6) is 5.75 Å². The van der Waals surface area contributed by atoms with Crippen molar-refractivity contribution in [3.05, 3.63) is 53.6 Å². The van der Waals surface area contributed by atoms with Gasteiger partial charge in [0.15, 0.2) is 5.60 Å². The van der Waals surface area contributed by atoms with Crippen LogP contribution in [-0.2, 0) is 4.74 Å². The largest absolute Gasteiger partial charge is 0.461 e. The highest BCUT2D eigenvalue weighted by molar-refractivity contribution is 5.95. The van der Waals surface area contributed by atoms with Gasteiger partial charge in [-0.2, -0.15) is 0 Å². The molecular formula is C22H28N2O7. The zero-order valence-corrected chi connectivity index (χ0v) is 17.4. The Bertz CT molecular complexity index is 938. The fraction of sp³-hybridized carbons (Fsp3) is 0.409. The van der Waals surface area contributed by atoms with Gasteiger partial charge in [-0.3, -0.25) is 4.79 Å². The van der Waals surface area contributed by atoms with Crippen LogP contribution >= 0.6 is 0 Å². The van der Waals surface area contributed by atoms with Crippen LogP contribution in [0, 0.1) is 6.92 Å². The average Bonchev–Trinajstić information content (AvgIpc) is 2.79. The SMILES string of the molecule is CNC(=O)c1cccc(-c2ccc(O[C@H]3O[C@H](CO)[C@@H](O)[C@H](O)[C@@]3(O)CN)c(C)c2)c1. The first-order valence-electron chi connectivity index (χ1n) is 9.90. The number of carbonyl (C=O) groups is 1. The van der Waals surface area contributed by atoms with E-state index in [9.17, 15) is 25.2 Å². The number of nitrogens with one attached hydrogen (secondary N) is 1. The Morgan fingerprint density at radius 2 is 1.94 bits per heavy atom. The molecule has 31 heavy (non-hydrogen) atoms. The number of ether oxygens (including phenoxy) is 2. The van der Waals surface area contributed by atoms with Gasteiger partial charge in [-0.15, -0.1) is 0 Å². The van der Waals surface area contributed by atoms with Crippen molar-refractivity contribution in [3.63, 3.8) is 0 Å². The van der Waals surface area contributed by atoms with Crippen LogP contribution in [0.25, 0.3) is 11.1 Å². The van der Waals surface area contributed by atoms with E-state index in [0.717, 1.165) is 11.1 Å². The minimum atomic E-state index is -2.07. The molecule has 2 aromatic rings. The molecule has 9 heteroatoms. The number of benzene rings is 2. The number of hydrogen-bond donors (Lipinski definition) is 6. The Hall–Kier alpha value is -2.53. The van der Waals surface area contributed by atoms with E-state index in [1.165, 1.54) is 0 Å². The van der Waals surface area contributed by atoms with Crippen molar-refractivity contribution in [2.75, 3.05) is 20.2 Å². The third-order valence-corrected chi connectivity index (χ3v) is 5.52. The van der Waals surface area contributed by atoms with Crippen molar-refractivity contribution in [2.24, 2.45) is 5.73 Å². The Kier molecular flexibility index (Phi) is 6.95. The van der Waals surface area contributed by atoms with Crippen molar-refractivity contribution in [2.45, 2.75) is 37.1 Å². The Balaban J connectivity index is 1.87. The highest BCUT2D eigenvalue weighted by atomic mass is 16.7. The highest BCUT2D eigenvalue weighted by Gasteiger charge is 2.55. The Labute approximate surface area is 180 Å². The molecule has 0 aromatic heterocycles. The summed E-state index contributed by atoms with van der Waals surface area (Å²) in [6.45, 7) is 0.788. The minimum Gasteiger partial charge on any atom is -0.461 e. The van der Waals surface area contributed by atoms with Crippen LogP contribution < -0.4 is 15.8 Å². The van der Waals surface area contributed by atoms with Crippen LogP contribution in [0.2, 0.25) is 0 Å². The lowest BCUT2D eigenvalue weighted by atomic mass is 9.86. The molecule has 7 N–H and O–H groups in total. The summed E-state index contributed by atoms with van der Waals surface area (Å²) in [5, 5.41) is 43.1. The van der Waals surface area contributed by atoms with E-state index in [4.69, 9.17) is 15.2 Å². The molecule has 1 amide bonds. The van der Waals surface area contributed by atoms with Crippen LogP contribution in [0.1, 0.15) is 15.9 Å². The molecule has 1 aliphatic heterocycles. The smallest absolute Gasteiger partial charge is 0.251 e. The molecule has 0 saturated carbocycles. The van der Waals surface area contributed by atoms with Gasteiger partial charge < -0.3 is 41.0 Å². The molecule has 1 heterocycles. The third kappa shape index (κ3) is 4.42. The van der Waals surface area contributed by atoms with E-state index < -0.39 is 43.4 Å². The molecule has 1 saturated heterocycles. The van der Waals surface area contributed by atoms with Crippen molar-refractivity contribution in [1.29, 1.82) is 0 Å². The number of rotatable bonds is 6. The van der Waals surface area contributed by atoms with E-state index in [-0.39, 0.29) is 5.91 Å². The average molecular weight is 432 g/mol. The first-order chi connectivity index (χ1) is 14.7. The zero-order chi connectivity index (χ0) is 22.8. The molecule has 0 spiro atoms. The van der Waals surface area contributed by atoms with E-state index in [2.05, 4.69) is 5.32 Å². The number of nitrogens with two attached hydrogens (primary N) is 1. The summed E-state index contributed by atoms with van der Waals surface area (Å²) in [6.07, 6.45) is -5.73. The normalized spacial score (nSPS) is 28.2. The van der Waals surface area contributed by atoms with Crippen molar-refractivity contribution >= 4 is 5.91 Å². The Morgan fingerprint density at radius 3 is 2.55 bits per heavy atom. The van der Waals surface area contributed by atoms with Gasteiger partial charge in [-0.1, -0.05) is 18.2 Å². The summed E-state index contributed by atoms with van der Waals surface area (Å²) < 4.78 is 11.3. The fourth-order valence-corrected chi connectivity index (χ4v) is 3.55. The summed E-state index contributed by atoms with van der Waals surface area (Å²) in [5.41, 5.74) is 6.47. The number of aliphatic hydroxyl groups is 4. The number of hydrogen-bond acceptors (Lipinski definition) is 8. The molecule has 1 fully saturated rings. The predicted octanol–water partition coefficient (Wildman–Crippen LogP) is -0.471. The van der Waals surface area contributed by atoms with Crippen LogP contribution in [-0.4, -0.2) is 76.7 Å². The van der Waals surface area contributed by atoms with Crippen molar-refractivity contribution in [3.8, 4) is 16.9 Å². The summed E-state index contributed by atoms with van der Waals surface area (Å²) >= 11 is 0. The van der Waals surface area contributed by atoms with Crippen LogP contribution in [0.4, 0.5) is 0 Å². The van der Waals surface area contributed by atoms with E-state index in [1.807, 2.05) is 12.1 Å². The van der Waals surface area contributed by atoms with Gasteiger partial charge in [0.05, 0.1) is 6.61 Å². The van der Waals surface area contributed by atoms with Crippen LogP contribution in [0.15, 0.2) is 42.5 Å². The molecule has 0 radical (unpaired) electrons. The van der Waals surface area contributed by atoms with Gasteiger partial charge in [0.2, 0.25) is 6.29 Å². The van der Waals surface area contributed by atoms with Gasteiger partial charge in [-0.25, -0.2) is 0 Å². The molecule has 168 valence electrons. The van der Waals surface area contributed by atoms with Crippen molar-refractivity contribution in [1.82, 2.24) is 5.32 Å². The van der Waals surface area contributed by atoms with Gasteiger partial charge in [0.1, 0.15) is 24.1 Å². The van der Waals surface area contributed by atoms with Crippen molar-refractivity contribution < 1.29 is 34.7 Å². The monoisotopic (exact) mass is 432 g/mol. The molecule has 2 aromatic carbocycles. The maximum Gasteiger partial charge on any atom is 0.251 e. The molecule has 0 bridgehead atoms. The maximum atomic E-state index is 11.9. The molecule has 0 unspecified atom stereocenters. The molecule has 3 rings (SSSR count). The zero-order valence-electron chi connectivity index (χ0n) is 17.4. The maximum absolute atomic E-state index is 11.9. The van der Waals surface area contributed by atoms with Gasteiger partial charge in [0, 0.05) is 19.2 Å². The third-order valence-electron chi connectivity index (χ3n) is 5.52. The van der Waals surface area contributed by atoms with E-state index in [1.54, 1.807) is 44.3 Å². The Morgan fingerprint density at radius 1 is 1.23 bits per heavy atom. The minimum absolute atomic E-state index is 0.187. The standard InChI is InChI=1S/C22H28N2O7/c1-12-8-14(13-4-3-5-15(9-13)20(28)24-2)6-7-16(12)30-21-22(29,11-23)19(27)18(26)17(10-25)31-21/h3-9,17-19,21,25-27,29H,10-11,23H2,1-2H3,(H,24,28)/t17-,18-,19+,21+,22+/m1/s1. The second-order valence-electron chi connectivity index (χ2n) is 7.58. The summed E-state index contributed by atoms with van der Waals surface area (Å²) in [7, 11) is 1.57. The van der Waals surface area contributed by atoms with Crippen LogP contribution in [0.3, 0.4) is 0 Å². The molecule has 1 aliphatic rings. The lowest BCUT2D eigenvalue weighted by Gasteiger charge is -2.47. The lowest BCUT2D eigenvalue weighted by Crippen LogP contribution is -2.70. The molecule has 0 aliphatic carbocycles. The highest BCUT2D eigenvalue weighted by Crippen LogP contribution is 2.34. The van der Waals surface area contributed by atoms with Gasteiger partial charge in [0.25, 0.3) is 5.91 Å². The quantitative estimate of drug-likeness (QED) is 0.358. The predicted molar refractivity (Wildman–Crippen MR) is 112 cm³/mol. The summed E-state index contributed by atoms with van der Waals surface area (Å²) in [5.74, 6) is 0.177. The number of aryl methyl sites for hydroxylation is 1. The van der Waals surface area contributed by atoms with E-state index >= 15 is 0 Å². The summed E-state index contributed by atoms with van der Waals surface area (Å²) in [6, 6.07) is 12.5. The molecule has 9 nitrogen and oxygen atoms in total. The number of carbonyl (C=O) groups excluding carboxylic acids is 1. The first kappa shape index (κ1) is 23.1. The number of aliphatic hydroxyl groups excluding tert-OH is 3. The van der Waals surface area contributed by atoms with Gasteiger partial charge in [-0.05, 0) is 47.9 Å². The molecular weight excluding hydrogens is 404 g/mol. The second-order valence-corrected chi connectivity index (χ2v) is 7.58. The molecule has 5 atom stereocenters. The summed E-state index contributed by atoms with van der Waals surface area (Å²) in [4.78, 5) is 11.9. The van der Waals surface area contributed by atoms with Gasteiger partial charge >= 0.3 is 0 Å². The first-order valence-corrected chi connectivity index (χ1v) is 9.90. The second kappa shape index (κ2) is 9.31. The topological polar surface area (TPSA) is 155 Å².